The molecule has 430 valence electrons. The number of rotatable bonds is 14. The molecule has 3 aliphatic carbocycles. The molecule has 3 N–H and O–H groups in total. The van der Waals surface area contributed by atoms with Crippen LogP contribution in [0.5, 0.6) is 0 Å². The molecule has 0 aromatic carbocycles. The maximum atomic E-state index is 13.5. The molecule has 7 heterocycles. The summed E-state index contributed by atoms with van der Waals surface area (Å²) in [7, 11) is 6.48. The van der Waals surface area contributed by atoms with E-state index in [1.807, 2.05) is 34.6 Å². The highest BCUT2D eigenvalue weighted by molar-refractivity contribution is 5.91. The molecule has 75 heavy (non-hydrogen) atoms. The molecule has 0 radical (unpaired) electrons. The number of carbonyl (C=O) groups is 1. The summed E-state index contributed by atoms with van der Waals surface area (Å²) >= 11 is 0. The van der Waals surface area contributed by atoms with Gasteiger partial charge in [-0.1, -0.05) is 6.92 Å². The molecule has 10 rings (SSSR count). The second-order valence-electron chi connectivity index (χ2n) is 24.4. The highest BCUT2D eigenvalue weighted by atomic mass is 16.8. The van der Waals surface area contributed by atoms with Gasteiger partial charge in [0.25, 0.3) is 0 Å². The monoisotopic (exact) mass is 1070 g/mol. The minimum Gasteiger partial charge on any atom is -0.390 e. The van der Waals surface area contributed by atoms with Gasteiger partial charge in [0.05, 0.1) is 84.8 Å². The second kappa shape index (κ2) is 22.7. The van der Waals surface area contributed by atoms with Gasteiger partial charge in [0.15, 0.2) is 43.0 Å². The lowest BCUT2D eigenvalue weighted by atomic mass is 9.52. The van der Waals surface area contributed by atoms with E-state index >= 15 is 0 Å². The van der Waals surface area contributed by atoms with E-state index < -0.39 is 116 Å². The Morgan fingerprint density at radius 3 is 1.56 bits per heavy atom. The van der Waals surface area contributed by atoms with Gasteiger partial charge in [-0.2, -0.15) is 0 Å². The molecular weight excluding hydrogens is 981 g/mol. The predicted octanol–water partition coefficient (Wildman–Crippen LogP) is 4.45. The summed E-state index contributed by atoms with van der Waals surface area (Å²) in [5.41, 5.74) is -0.787. The molecule has 20 nitrogen and oxygen atoms in total. The molecule has 0 amide bonds. The number of ketones is 1. The first-order valence-corrected chi connectivity index (χ1v) is 28.3. The fraction of sp³-hybridized carbons (Fsp3) is 0.982. The van der Waals surface area contributed by atoms with Crippen molar-refractivity contribution in [2.75, 3.05) is 28.4 Å². The quantitative estimate of drug-likeness (QED) is 0.204. The Kier molecular flexibility index (Phi) is 17.3. The molecule has 0 aromatic heterocycles. The van der Waals surface area contributed by atoms with Gasteiger partial charge < -0.3 is 91.1 Å². The topological polar surface area (TPSA) is 225 Å². The first-order chi connectivity index (χ1) is 35.7. The number of hydrogen-bond acceptors (Lipinski definition) is 20. The van der Waals surface area contributed by atoms with Crippen LogP contribution in [0.1, 0.15) is 132 Å². The smallest absolute Gasteiger partial charge is 0.187 e. The average Bonchev–Trinajstić information content (AvgIpc) is 3.85. The number of ether oxygens (including phenoxy) is 16. The van der Waals surface area contributed by atoms with Gasteiger partial charge in [-0.15, -0.1) is 0 Å². The zero-order chi connectivity index (χ0) is 53.5. The lowest BCUT2D eigenvalue weighted by Gasteiger charge is -2.57. The number of aliphatic hydroxyl groups is 3. The van der Waals surface area contributed by atoms with Crippen molar-refractivity contribution in [1.82, 2.24) is 0 Å². The zero-order valence-corrected chi connectivity index (χ0v) is 46.4. The molecule has 0 aromatic rings. The molecular formula is C55H90O20. The predicted molar refractivity (Wildman–Crippen MR) is 262 cm³/mol. The Morgan fingerprint density at radius 2 is 1.03 bits per heavy atom. The number of aliphatic hydroxyl groups excluding tert-OH is 3. The molecule has 2 bridgehead atoms. The van der Waals surface area contributed by atoms with E-state index in [9.17, 15) is 20.1 Å². The number of hydrogen-bond donors (Lipinski definition) is 3. The van der Waals surface area contributed by atoms with Crippen molar-refractivity contribution in [2.24, 2.45) is 28.6 Å². The first-order valence-electron chi connectivity index (χ1n) is 28.3. The largest absolute Gasteiger partial charge is 0.390 e. The van der Waals surface area contributed by atoms with Gasteiger partial charge in [0.2, 0.25) is 0 Å². The van der Waals surface area contributed by atoms with E-state index in [-0.39, 0.29) is 72.2 Å². The molecule has 30 unspecified atom stereocenters. The zero-order valence-electron chi connectivity index (χ0n) is 46.4. The van der Waals surface area contributed by atoms with Crippen molar-refractivity contribution in [1.29, 1.82) is 0 Å². The highest BCUT2D eigenvalue weighted by Crippen LogP contribution is 2.67. The summed E-state index contributed by atoms with van der Waals surface area (Å²) in [5.74, 6) is -0.290. The van der Waals surface area contributed by atoms with E-state index in [4.69, 9.17) is 75.8 Å². The molecule has 1 spiro atoms. The van der Waals surface area contributed by atoms with Crippen LogP contribution in [0, 0.1) is 28.6 Å². The van der Waals surface area contributed by atoms with Crippen LogP contribution in [0.4, 0.5) is 0 Å². The molecule has 10 fully saturated rings. The highest BCUT2D eigenvalue weighted by Gasteiger charge is 2.71. The van der Waals surface area contributed by atoms with E-state index in [1.165, 1.54) is 7.11 Å². The standard InChI is InChI=1S/C55H90O20/c1-25-17-34(56)50(63-12)52(64-25)73-46-27(3)65-42(20-35(46)57)70-47-29(5)67-44(22-38(47)61-10)72-49-30(6)68-45(23-39(49)62-11)71-48-28(4)66-43(21-37(48)60-9)69-32-14-15-53(7)31(18-32)13-16-55-40(53)24-41(75-55)54(8)33(26(2)74-55)19-36(58)51(54)59/h25-50,52,56-58H,13-24H2,1-12H3. The summed E-state index contributed by atoms with van der Waals surface area (Å²) < 4.78 is 102. The van der Waals surface area contributed by atoms with E-state index in [0.717, 1.165) is 38.5 Å². The summed E-state index contributed by atoms with van der Waals surface area (Å²) in [6.07, 6.45) is -5.07. The third-order valence-electron chi connectivity index (χ3n) is 20.0. The van der Waals surface area contributed by atoms with Crippen molar-refractivity contribution >= 4 is 5.78 Å². The number of methoxy groups -OCH3 is 4. The van der Waals surface area contributed by atoms with Gasteiger partial charge in [0, 0.05) is 78.8 Å². The fourth-order valence-corrected chi connectivity index (χ4v) is 15.8. The SMILES string of the molecule is COC1CC(OC2C(C)OC(OC3C(C)OC(OC4CCC5(C)C(CCC67OC(C)C8CC(O)C(=O)C8(C)C(CC65)O7)C4)CC3OC)CC2OC)OC(C)C1OC1CC(O)C(OC2OC(C)CC(O)C2OC)C(C)O1. The lowest BCUT2D eigenvalue weighted by Crippen LogP contribution is -2.59. The first kappa shape index (κ1) is 57.2. The maximum Gasteiger partial charge on any atom is 0.187 e. The molecule has 10 aliphatic rings. The van der Waals surface area contributed by atoms with Crippen molar-refractivity contribution in [3.05, 3.63) is 0 Å². The summed E-state index contributed by atoms with van der Waals surface area (Å²) in [4.78, 5) is 13.5. The van der Waals surface area contributed by atoms with Crippen LogP contribution in [0.15, 0.2) is 0 Å². The fourth-order valence-electron chi connectivity index (χ4n) is 15.8. The van der Waals surface area contributed by atoms with Crippen LogP contribution >= 0.6 is 0 Å². The summed E-state index contributed by atoms with van der Waals surface area (Å²) in [6, 6.07) is 0. The molecule has 7 saturated heterocycles. The molecule has 3 saturated carbocycles. The Bertz CT molecular complexity index is 1920. The Morgan fingerprint density at radius 1 is 0.507 bits per heavy atom. The third kappa shape index (κ3) is 10.7. The van der Waals surface area contributed by atoms with Crippen LogP contribution in [-0.2, 0) is 80.6 Å². The number of carbonyl (C=O) groups excluding carboxylic acids is 1. The van der Waals surface area contributed by atoms with Gasteiger partial charge in [-0.3, -0.25) is 4.79 Å². The maximum absolute atomic E-state index is 13.5. The van der Waals surface area contributed by atoms with Gasteiger partial charge in [0.1, 0.15) is 36.6 Å². The van der Waals surface area contributed by atoms with E-state index in [2.05, 4.69) is 13.8 Å². The molecule has 7 aliphatic heterocycles. The minimum absolute atomic E-state index is 0.0179. The Labute approximate surface area is 443 Å². The van der Waals surface area contributed by atoms with Crippen LogP contribution < -0.4 is 0 Å². The van der Waals surface area contributed by atoms with Crippen molar-refractivity contribution < 1.29 is 95.9 Å². The molecule has 20 heteroatoms. The average molecular weight is 1070 g/mol. The van der Waals surface area contributed by atoms with Gasteiger partial charge >= 0.3 is 0 Å². The van der Waals surface area contributed by atoms with E-state index in [0.29, 0.717) is 38.0 Å². The van der Waals surface area contributed by atoms with Gasteiger partial charge in [-0.05, 0) is 98.3 Å². The molecule has 30 atom stereocenters. The van der Waals surface area contributed by atoms with Crippen LogP contribution in [-0.4, -0.2) is 203 Å². The van der Waals surface area contributed by atoms with Crippen molar-refractivity contribution in [3.8, 4) is 0 Å². The van der Waals surface area contributed by atoms with Crippen molar-refractivity contribution in [2.45, 2.75) is 286 Å². The van der Waals surface area contributed by atoms with Crippen molar-refractivity contribution in [3.63, 3.8) is 0 Å². The minimum atomic E-state index is -0.955. The number of Topliss-reactive ketones (excluding diaryl/α,β-unsaturated/α-hetero) is 1. The normalized spacial score (nSPS) is 55.2. The summed E-state index contributed by atoms with van der Waals surface area (Å²) in [6.45, 7) is 16.0. The number of fused-ring (bicyclic) bond motifs is 5. The second-order valence-corrected chi connectivity index (χ2v) is 24.4. The van der Waals surface area contributed by atoms with Gasteiger partial charge in [-0.25, -0.2) is 0 Å². The summed E-state index contributed by atoms with van der Waals surface area (Å²) in [5, 5.41) is 32.5. The Hall–Kier alpha value is -1.09. The van der Waals surface area contributed by atoms with Crippen LogP contribution in [0.3, 0.4) is 0 Å². The van der Waals surface area contributed by atoms with Crippen LogP contribution in [0.2, 0.25) is 0 Å². The Balaban J connectivity index is 0.691. The lowest BCUT2D eigenvalue weighted by molar-refractivity contribution is -0.354. The van der Waals surface area contributed by atoms with Crippen LogP contribution in [0.25, 0.3) is 0 Å². The van der Waals surface area contributed by atoms with E-state index in [1.54, 1.807) is 28.3 Å². The third-order valence-corrected chi connectivity index (χ3v) is 20.0.